The van der Waals surface area contributed by atoms with Crippen molar-refractivity contribution in [3.8, 4) is 11.1 Å². The molecule has 1 unspecified atom stereocenters. The molecule has 37 heavy (non-hydrogen) atoms. The van der Waals surface area contributed by atoms with Gasteiger partial charge in [0, 0.05) is 24.9 Å². The molecule has 7 heteroatoms. The first-order valence-electron chi connectivity index (χ1n) is 12.5. The van der Waals surface area contributed by atoms with Crippen LogP contribution < -0.4 is 5.32 Å². The fourth-order valence-electron chi connectivity index (χ4n) is 5.31. The lowest BCUT2D eigenvalue weighted by Gasteiger charge is -2.24. The molecule has 2 amide bonds. The van der Waals surface area contributed by atoms with Crippen LogP contribution in [0.5, 0.6) is 0 Å². The van der Waals surface area contributed by atoms with Crippen LogP contribution in [0.25, 0.3) is 11.1 Å². The number of carbonyl (C=O) groups is 2. The summed E-state index contributed by atoms with van der Waals surface area (Å²) in [5.41, 5.74) is 4.32. The Morgan fingerprint density at radius 1 is 0.892 bits per heavy atom. The van der Waals surface area contributed by atoms with Crippen LogP contribution in [0.15, 0.2) is 72.8 Å². The van der Waals surface area contributed by atoms with E-state index in [-0.39, 0.29) is 31.4 Å². The third kappa shape index (κ3) is 5.17. The van der Waals surface area contributed by atoms with Gasteiger partial charge in [-0.3, -0.25) is 0 Å². The highest BCUT2D eigenvalue weighted by molar-refractivity contribution is 5.79. The van der Waals surface area contributed by atoms with E-state index in [2.05, 4.69) is 29.6 Å². The topological polar surface area (TPSA) is 67.9 Å². The number of rotatable bonds is 4. The summed E-state index contributed by atoms with van der Waals surface area (Å²) in [4.78, 5) is 27.2. The normalized spacial score (nSPS) is 18.8. The van der Waals surface area contributed by atoms with E-state index >= 15 is 0 Å². The van der Waals surface area contributed by atoms with Crippen molar-refractivity contribution in [3.05, 3.63) is 95.3 Å². The zero-order valence-corrected chi connectivity index (χ0v) is 21.2. The van der Waals surface area contributed by atoms with Gasteiger partial charge in [-0.2, -0.15) is 0 Å². The second kappa shape index (κ2) is 9.88. The molecule has 0 spiro atoms. The van der Waals surface area contributed by atoms with Crippen LogP contribution in [-0.2, 0) is 9.47 Å². The summed E-state index contributed by atoms with van der Waals surface area (Å²) < 4.78 is 25.9. The number of halogens is 1. The van der Waals surface area contributed by atoms with Crippen LogP contribution in [0, 0.1) is 5.82 Å². The van der Waals surface area contributed by atoms with E-state index in [0.717, 1.165) is 22.3 Å². The number of nitrogens with zero attached hydrogens (tertiary/aromatic N) is 1. The number of carbonyl (C=O) groups excluding carboxylic acids is 2. The lowest BCUT2D eigenvalue weighted by molar-refractivity contribution is 0.0288. The van der Waals surface area contributed by atoms with Gasteiger partial charge >= 0.3 is 12.2 Å². The number of hydrogen-bond donors (Lipinski definition) is 1. The van der Waals surface area contributed by atoms with Gasteiger partial charge in [0.25, 0.3) is 0 Å². The first-order valence-corrected chi connectivity index (χ1v) is 12.5. The molecule has 2 aliphatic rings. The molecule has 0 bridgehead atoms. The zero-order valence-electron chi connectivity index (χ0n) is 21.2. The molecule has 0 saturated carbocycles. The maximum Gasteiger partial charge on any atom is 0.410 e. The third-order valence-corrected chi connectivity index (χ3v) is 6.92. The number of amides is 2. The van der Waals surface area contributed by atoms with Crippen LogP contribution in [0.4, 0.5) is 14.0 Å². The minimum absolute atomic E-state index is 0.0673. The van der Waals surface area contributed by atoms with Gasteiger partial charge < -0.3 is 19.7 Å². The first-order chi connectivity index (χ1) is 17.7. The highest BCUT2D eigenvalue weighted by Crippen LogP contribution is 2.44. The highest BCUT2D eigenvalue weighted by atomic mass is 19.1. The highest BCUT2D eigenvalue weighted by Gasteiger charge is 2.40. The molecule has 3 aromatic carbocycles. The molecule has 1 fully saturated rings. The van der Waals surface area contributed by atoms with Crippen molar-refractivity contribution < 1.29 is 23.5 Å². The number of benzene rings is 3. The van der Waals surface area contributed by atoms with Crippen molar-refractivity contribution in [1.29, 1.82) is 0 Å². The smallest absolute Gasteiger partial charge is 0.410 e. The molecule has 1 heterocycles. The fourth-order valence-corrected chi connectivity index (χ4v) is 5.31. The molecule has 192 valence electrons. The second-order valence-electron chi connectivity index (χ2n) is 10.6. The van der Waals surface area contributed by atoms with E-state index in [4.69, 9.17) is 9.47 Å². The van der Waals surface area contributed by atoms with Crippen LogP contribution in [-0.4, -0.2) is 48.4 Å². The van der Waals surface area contributed by atoms with Crippen molar-refractivity contribution in [3.63, 3.8) is 0 Å². The van der Waals surface area contributed by atoms with E-state index in [1.165, 1.54) is 11.0 Å². The van der Waals surface area contributed by atoms with Gasteiger partial charge in [-0.05, 0) is 54.7 Å². The Bertz CT molecular complexity index is 1270. The van der Waals surface area contributed by atoms with Crippen LogP contribution >= 0.6 is 0 Å². The van der Waals surface area contributed by atoms with Crippen molar-refractivity contribution in [2.75, 3.05) is 19.7 Å². The summed E-state index contributed by atoms with van der Waals surface area (Å²) in [6.07, 6.45) is -1.09. The van der Waals surface area contributed by atoms with Crippen LogP contribution in [0.1, 0.15) is 49.3 Å². The second-order valence-corrected chi connectivity index (χ2v) is 10.6. The Labute approximate surface area is 216 Å². The summed E-state index contributed by atoms with van der Waals surface area (Å²) in [5, 5.41) is 2.90. The van der Waals surface area contributed by atoms with Gasteiger partial charge in [0.05, 0.1) is 6.04 Å². The number of nitrogens with one attached hydrogen (secondary N) is 1. The Hall–Kier alpha value is -3.87. The molecule has 2 atom stereocenters. The lowest BCUT2D eigenvalue weighted by Crippen LogP contribution is -2.42. The van der Waals surface area contributed by atoms with E-state index in [9.17, 15) is 14.0 Å². The maximum absolute atomic E-state index is 14.7. The Morgan fingerprint density at radius 2 is 1.46 bits per heavy atom. The predicted octanol–water partition coefficient (Wildman–Crippen LogP) is 6.07. The number of fused-ring (bicyclic) bond motifs is 3. The minimum Gasteiger partial charge on any atom is -0.449 e. The molecule has 1 saturated heterocycles. The van der Waals surface area contributed by atoms with E-state index in [1.807, 2.05) is 24.3 Å². The number of ether oxygens (including phenoxy) is 2. The Balaban J connectivity index is 1.30. The minimum atomic E-state index is -0.664. The molecular weight excluding hydrogens is 471 g/mol. The summed E-state index contributed by atoms with van der Waals surface area (Å²) in [6, 6.07) is 22.2. The number of likely N-dealkylation sites (tertiary alicyclic amines) is 1. The monoisotopic (exact) mass is 502 g/mol. The molecule has 3 aromatic rings. The van der Waals surface area contributed by atoms with E-state index in [1.54, 1.807) is 39.0 Å². The quantitative estimate of drug-likeness (QED) is 0.470. The van der Waals surface area contributed by atoms with Crippen molar-refractivity contribution in [2.24, 2.45) is 0 Å². The largest absolute Gasteiger partial charge is 0.449 e. The van der Waals surface area contributed by atoms with Gasteiger partial charge in [0.1, 0.15) is 18.0 Å². The van der Waals surface area contributed by atoms with Gasteiger partial charge in [0.15, 0.2) is 0 Å². The summed E-state index contributed by atoms with van der Waals surface area (Å²) in [5.74, 6) is -0.880. The van der Waals surface area contributed by atoms with Gasteiger partial charge in [0.2, 0.25) is 0 Å². The third-order valence-electron chi connectivity index (χ3n) is 6.92. The van der Waals surface area contributed by atoms with Gasteiger partial charge in [-0.15, -0.1) is 0 Å². The van der Waals surface area contributed by atoms with Gasteiger partial charge in [-0.1, -0.05) is 66.7 Å². The van der Waals surface area contributed by atoms with Crippen molar-refractivity contribution in [2.45, 2.75) is 44.2 Å². The molecule has 1 aliphatic carbocycles. The SMILES string of the molecule is CC(C)(C)OC(=O)N1CC(c2ccccc2F)[C@H](NC(=O)OCC2c3ccccc3-c3ccccc32)C1. The fraction of sp³-hybridized carbons (Fsp3) is 0.333. The maximum atomic E-state index is 14.7. The zero-order chi connectivity index (χ0) is 26.2. The van der Waals surface area contributed by atoms with E-state index < -0.39 is 29.7 Å². The van der Waals surface area contributed by atoms with Crippen molar-refractivity contribution >= 4 is 12.2 Å². The van der Waals surface area contributed by atoms with Gasteiger partial charge in [-0.25, -0.2) is 14.0 Å². The average molecular weight is 503 g/mol. The standard InChI is InChI=1S/C30H31FN2O4/c1-30(2,3)37-29(35)33-16-24(23-14-8-9-15-26(23)31)27(17-33)32-28(34)36-18-25-21-12-6-4-10-19(21)20-11-5-7-13-22(20)25/h4-15,24-25,27H,16-18H2,1-3H3,(H,32,34)/t24?,27-/m1/s1. The molecule has 1 N–H and O–H groups in total. The number of hydrogen-bond acceptors (Lipinski definition) is 4. The van der Waals surface area contributed by atoms with E-state index in [0.29, 0.717) is 5.56 Å². The predicted molar refractivity (Wildman–Crippen MR) is 139 cm³/mol. The molecule has 1 aliphatic heterocycles. The first kappa shape index (κ1) is 24.8. The Kier molecular flexibility index (Phi) is 6.63. The molecular formula is C30H31FN2O4. The average Bonchev–Trinajstić information content (AvgIpc) is 3.41. The molecule has 6 nitrogen and oxygen atoms in total. The Morgan fingerprint density at radius 3 is 2.05 bits per heavy atom. The molecule has 5 rings (SSSR count). The number of alkyl carbamates (subject to hydrolysis) is 1. The van der Waals surface area contributed by atoms with Crippen LogP contribution in [0.3, 0.4) is 0 Å². The summed E-state index contributed by atoms with van der Waals surface area (Å²) in [6.45, 7) is 5.97. The van der Waals surface area contributed by atoms with Crippen molar-refractivity contribution in [1.82, 2.24) is 10.2 Å². The summed E-state index contributed by atoms with van der Waals surface area (Å²) >= 11 is 0. The summed E-state index contributed by atoms with van der Waals surface area (Å²) in [7, 11) is 0. The molecule has 0 aromatic heterocycles. The molecule has 0 radical (unpaired) electrons. The lowest BCUT2D eigenvalue weighted by atomic mass is 9.94. The van der Waals surface area contributed by atoms with Crippen LogP contribution in [0.2, 0.25) is 0 Å².